The van der Waals surface area contributed by atoms with Crippen molar-refractivity contribution in [2.75, 3.05) is 39.5 Å². The first kappa shape index (κ1) is 16.8. The number of hydrogen-bond acceptors (Lipinski definition) is 5. The molecule has 5 heteroatoms. The molecular formula is C15H25NO4. The highest BCUT2D eigenvalue weighted by molar-refractivity contribution is 5.39. The number of likely N-dealkylation sites (N-methyl/N-ethyl adjacent to an activating group) is 1. The molecule has 0 spiro atoms. The molecule has 0 heterocycles. The summed E-state index contributed by atoms with van der Waals surface area (Å²) in [6.45, 7) is 7.43. The summed E-state index contributed by atoms with van der Waals surface area (Å²) in [6.07, 6.45) is -0.876. The number of aliphatic hydroxyl groups is 2. The largest absolute Gasteiger partial charge is 0.488 e. The Bertz CT molecular complexity index is 369. The highest BCUT2D eigenvalue weighted by Crippen LogP contribution is 2.26. The van der Waals surface area contributed by atoms with Crippen molar-refractivity contribution < 1.29 is 19.7 Å². The maximum absolute atomic E-state index is 9.30. The van der Waals surface area contributed by atoms with Crippen molar-refractivity contribution in [3.05, 3.63) is 24.3 Å². The molecule has 0 aliphatic heterocycles. The fraction of sp³-hybridized carbons (Fsp3) is 0.600. The molecule has 0 amide bonds. The third-order valence-corrected chi connectivity index (χ3v) is 3.05. The van der Waals surface area contributed by atoms with Gasteiger partial charge in [-0.05, 0) is 25.2 Å². The minimum absolute atomic E-state index is 0.0485. The van der Waals surface area contributed by atoms with E-state index in [4.69, 9.17) is 14.6 Å². The number of nitrogens with zero attached hydrogens (tertiary/aromatic N) is 1. The second-order valence-corrected chi connectivity index (χ2v) is 4.47. The minimum atomic E-state index is -0.876. The summed E-state index contributed by atoms with van der Waals surface area (Å²) in [5.74, 6) is 1.24. The first-order valence-electron chi connectivity index (χ1n) is 7.07. The van der Waals surface area contributed by atoms with Gasteiger partial charge in [0.2, 0.25) is 0 Å². The Morgan fingerprint density at radius 1 is 1.10 bits per heavy atom. The van der Waals surface area contributed by atoms with Crippen LogP contribution in [0.3, 0.4) is 0 Å². The smallest absolute Gasteiger partial charge is 0.161 e. The van der Waals surface area contributed by atoms with Gasteiger partial charge in [0.1, 0.15) is 19.3 Å². The summed E-state index contributed by atoms with van der Waals surface area (Å²) in [4.78, 5) is 2.28. The van der Waals surface area contributed by atoms with Crippen LogP contribution in [0, 0.1) is 0 Å². The monoisotopic (exact) mass is 283 g/mol. The Morgan fingerprint density at radius 2 is 1.70 bits per heavy atom. The van der Waals surface area contributed by atoms with Crippen LogP contribution in [-0.4, -0.2) is 60.7 Å². The van der Waals surface area contributed by atoms with Gasteiger partial charge in [0, 0.05) is 6.54 Å². The molecular weight excluding hydrogens is 258 g/mol. The summed E-state index contributed by atoms with van der Waals surface area (Å²) >= 11 is 0. The summed E-state index contributed by atoms with van der Waals surface area (Å²) in [5.41, 5.74) is 0. The van der Waals surface area contributed by atoms with Crippen molar-refractivity contribution >= 4 is 0 Å². The molecule has 20 heavy (non-hydrogen) atoms. The second-order valence-electron chi connectivity index (χ2n) is 4.47. The molecule has 2 N–H and O–H groups in total. The van der Waals surface area contributed by atoms with E-state index in [9.17, 15) is 5.11 Å². The Kier molecular flexibility index (Phi) is 8.02. The average molecular weight is 283 g/mol. The summed E-state index contributed by atoms with van der Waals surface area (Å²) in [5, 5.41) is 18.1. The van der Waals surface area contributed by atoms with E-state index in [1.165, 1.54) is 0 Å². The molecule has 0 saturated carbocycles. The number of hydrogen-bond donors (Lipinski definition) is 2. The van der Waals surface area contributed by atoms with Gasteiger partial charge in [0.15, 0.2) is 11.5 Å². The number of aliphatic hydroxyl groups excluding tert-OH is 2. The molecule has 5 nitrogen and oxygen atoms in total. The topological polar surface area (TPSA) is 62.2 Å². The highest BCUT2D eigenvalue weighted by atomic mass is 16.5. The molecule has 0 aromatic heterocycles. The van der Waals surface area contributed by atoms with Crippen LogP contribution in [0.4, 0.5) is 0 Å². The van der Waals surface area contributed by atoms with Gasteiger partial charge in [0.25, 0.3) is 0 Å². The van der Waals surface area contributed by atoms with Crippen LogP contribution in [0.15, 0.2) is 24.3 Å². The Morgan fingerprint density at radius 3 is 2.25 bits per heavy atom. The lowest BCUT2D eigenvalue weighted by molar-refractivity contribution is 0.0523. The first-order valence-corrected chi connectivity index (χ1v) is 7.07. The number of rotatable bonds is 10. The van der Waals surface area contributed by atoms with Crippen molar-refractivity contribution in [2.45, 2.75) is 20.0 Å². The zero-order valence-electron chi connectivity index (χ0n) is 12.3. The van der Waals surface area contributed by atoms with Crippen molar-refractivity contribution in [1.82, 2.24) is 4.90 Å². The van der Waals surface area contributed by atoms with Crippen molar-refractivity contribution in [3.63, 3.8) is 0 Å². The van der Waals surface area contributed by atoms with E-state index in [2.05, 4.69) is 18.7 Å². The van der Waals surface area contributed by atoms with Gasteiger partial charge in [-0.1, -0.05) is 26.0 Å². The molecule has 0 bridgehead atoms. The lowest BCUT2D eigenvalue weighted by atomic mass is 10.3. The van der Waals surface area contributed by atoms with E-state index < -0.39 is 6.10 Å². The van der Waals surface area contributed by atoms with Crippen LogP contribution < -0.4 is 9.47 Å². The van der Waals surface area contributed by atoms with Crippen LogP contribution in [-0.2, 0) is 0 Å². The minimum Gasteiger partial charge on any atom is -0.488 e. The van der Waals surface area contributed by atoms with E-state index in [1.807, 2.05) is 18.2 Å². The van der Waals surface area contributed by atoms with Gasteiger partial charge in [-0.15, -0.1) is 0 Å². The summed E-state index contributed by atoms with van der Waals surface area (Å²) in [7, 11) is 0. The quantitative estimate of drug-likeness (QED) is 0.674. The van der Waals surface area contributed by atoms with Gasteiger partial charge < -0.3 is 24.6 Å². The molecule has 0 saturated heterocycles. The predicted molar refractivity (Wildman–Crippen MR) is 78.3 cm³/mol. The van der Waals surface area contributed by atoms with Crippen LogP contribution in [0.25, 0.3) is 0 Å². The molecule has 0 radical (unpaired) electrons. The summed E-state index contributed by atoms with van der Waals surface area (Å²) in [6, 6.07) is 7.35. The third kappa shape index (κ3) is 5.77. The highest BCUT2D eigenvalue weighted by Gasteiger charge is 2.08. The molecule has 114 valence electrons. The van der Waals surface area contributed by atoms with Crippen molar-refractivity contribution in [3.8, 4) is 11.5 Å². The second kappa shape index (κ2) is 9.58. The molecule has 1 aromatic carbocycles. The van der Waals surface area contributed by atoms with Crippen LogP contribution in [0.2, 0.25) is 0 Å². The predicted octanol–water partition coefficient (Wildman–Crippen LogP) is 1.14. The fourth-order valence-corrected chi connectivity index (χ4v) is 1.75. The van der Waals surface area contributed by atoms with E-state index in [0.29, 0.717) is 18.1 Å². The van der Waals surface area contributed by atoms with E-state index in [-0.39, 0.29) is 13.2 Å². The van der Waals surface area contributed by atoms with Crippen LogP contribution in [0.5, 0.6) is 11.5 Å². The van der Waals surface area contributed by atoms with Gasteiger partial charge in [-0.3, -0.25) is 0 Å². The van der Waals surface area contributed by atoms with Crippen molar-refractivity contribution in [2.24, 2.45) is 0 Å². The molecule has 1 rings (SSSR count). The SMILES string of the molecule is CCN(CC)CCOc1ccccc1OCC(O)CO. The van der Waals surface area contributed by atoms with E-state index in [0.717, 1.165) is 19.6 Å². The molecule has 1 atom stereocenters. The Labute approximate surface area is 120 Å². The maximum Gasteiger partial charge on any atom is 0.161 e. The zero-order chi connectivity index (χ0) is 14.8. The van der Waals surface area contributed by atoms with Crippen LogP contribution >= 0.6 is 0 Å². The van der Waals surface area contributed by atoms with Gasteiger partial charge in [0.05, 0.1) is 6.61 Å². The van der Waals surface area contributed by atoms with Gasteiger partial charge >= 0.3 is 0 Å². The average Bonchev–Trinajstić information content (AvgIpc) is 2.50. The van der Waals surface area contributed by atoms with E-state index >= 15 is 0 Å². The summed E-state index contributed by atoms with van der Waals surface area (Å²) < 4.78 is 11.2. The normalized spacial score (nSPS) is 12.4. The lowest BCUT2D eigenvalue weighted by Gasteiger charge is -2.19. The fourth-order valence-electron chi connectivity index (χ4n) is 1.75. The molecule has 1 unspecified atom stereocenters. The number of ether oxygens (including phenoxy) is 2. The van der Waals surface area contributed by atoms with Crippen LogP contribution in [0.1, 0.15) is 13.8 Å². The Hall–Kier alpha value is -1.30. The van der Waals surface area contributed by atoms with Crippen molar-refractivity contribution in [1.29, 1.82) is 0 Å². The van der Waals surface area contributed by atoms with Gasteiger partial charge in [-0.2, -0.15) is 0 Å². The number of para-hydroxylation sites is 2. The molecule has 0 aliphatic rings. The number of benzene rings is 1. The third-order valence-electron chi connectivity index (χ3n) is 3.05. The Balaban J connectivity index is 2.48. The molecule has 0 fully saturated rings. The lowest BCUT2D eigenvalue weighted by Crippen LogP contribution is -2.28. The molecule has 1 aromatic rings. The first-order chi connectivity index (χ1) is 9.71. The van der Waals surface area contributed by atoms with Gasteiger partial charge in [-0.25, -0.2) is 0 Å². The zero-order valence-corrected chi connectivity index (χ0v) is 12.3. The van der Waals surface area contributed by atoms with E-state index in [1.54, 1.807) is 6.07 Å². The molecule has 0 aliphatic carbocycles. The maximum atomic E-state index is 9.30. The standard InChI is InChI=1S/C15H25NO4/c1-3-16(4-2)9-10-19-14-7-5-6-8-15(14)20-12-13(18)11-17/h5-8,13,17-18H,3-4,9-12H2,1-2H3.